The zero-order valence-corrected chi connectivity index (χ0v) is 10.7. The smallest absolute Gasteiger partial charge is 0.335 e. The van der Waals surface area contributed by atoms with E-state index in [2.05, 4.69) is 15.9 Å². The van der Waals surface area contributed by atoms with Gasteiger partial charge in [-0.1, -0.05) is 15.9 Å². The van der Waals surface area contributed by atoms with Crippen molar-refractivity contribution in [3.05, 3.63) is 11.1 Å². The number of carbonyl (C=O) groups is 2. The van der Waals surface area contributed by atoms with Crippen LogP contribution in [0.1, 0.15) is 26.2 Å². The molecule has 1 fully saturated rings. The van der Waals surface area contributed by atoms with E-state index in [4.69, 9.17) is 10.1 Å². The predicted molar refractivity (Wildman–Crippen MR) is 64.0 cm³/mol. The van der Waals surface area contributed by atoms with E-state index in [1.54, 1.807) is 6.92 Å². The Morgan fingerprint density at radius 2 is 2.19 bits per heavy atom. The molecule has 0 aromatic heterocycles. The molecule has 0 spiro atoms. The first-order valence-electron chi connectivity index (χ1n) is 5.14. The molecule has 0 unspecified atom stereocenters. The highest BCUT2D eigenvalue weighted by molar-refractivity contribution is 9.09. The standard InChI is InChI=1S/C11H14BrNO3/c1-2-16-11(15)9(6-12)8-5-7(14)3-4-10(8)13/h13H,2-6H2,1H3/b9-8-,13-10?. The molecule has 0 amide bonds. The number of ether oxygens (including phenoxy) is 1. The third-order valence-electron chi connectivity index (χ3n) is 2.41. The van der Waals surface area contributed by atoms with Gasteiger partial charge in [-0.2, -0.15) is 0 Å². The topological polar surface area (TPSA) is 67.2 Å². The van der Waals surface area contributed by atoms with Crippen molar-refractivity contribution in [3.63, 3.8) is 0 Å². The van der Waals surface area contributed by atoms with Crippen LogP contribution in [-0.2, 0) is 14.3 Å². The first-order chi connectivity index (χ1) is 7.60. The average Bonchev–Trinajstić information content (AvgIpc) is 2.24. The van der Waals surface area contributed by atoms with Gasteiger partial charge in [0.05, 0.1) is 12.2 Å². The van der Waals surface area contributed by atoms with E-state index < -0.39 is 5.97 Å². The molecule has 5 heteroatoms. The average molecular weight is 288 g/mol. The summed E-state index contributed by atoms with van der Waals surface area (Å²) in [5.74, 6) is -0.359. The summed E-state index contributed by atoms with van der Waals surface area (Å²) in [7, 11) is 0. The summed E-state index contributed by atoms with van der Waals surface area (Å²) in [6, 6.07) is 0. The lowest BCUT2D eigenvalue weighted by atomic mass is 9.89. The zero-order valence-electron chi connectivity index (χ0n) is 9.14. The number of ketones is 1. The fourth-order valence-electron chi connectivity index (χ4n) is 1.57. The summed E-state index contributed by atoms with van der Waals surface area (Å²) in [4.78, 5) is 22.9. The Labute approximate surface area is 103 Å². The molecule has 0 saturated heterocycles. The summed E-state index contributed by atoms with van der Waals surface area (Å²) in [5, 5.41) is 8.07. The molecule has 4 nitrogen and oxygen atoms in total. The fourth-order valence-corrected chi connectivity index (χ4v) is 2.14. The molecule has 1 aliphatic carbocycles. The van der Waals surface area contributed by atoms with Crippen LogP contribution >= 0.6 is 15.9 Å². The second kappa shape index (κ2) is 5.94. The second-order valence-corrected chi connectivity index (χ2v) is 4.07. The molecule has 88 valence electrons. The van der Waals surface area contributed by atoms with Crippen molar-refractivity contribution in [1.29, 1.82) is 5.41 Å². The van der Waals surface area contributed by atoms with E-state index in [-0.39, 0.29) is 12.2 Å². The molecule has 1 saturated carbocycles. The van der Waals surface area contributed by atoms with E-state index in [1.807, 2.05) is 0 Å². The van der Waals surface area contributed by atoms with Gasteiger partial charge in [0.1, 0.15) is 5.78 Å². The number of rotatable bonds is 3. The normalized spacial score (nSPS) is 19.6. The van der Waals surface area contributed by atoms with Crippen molar-refractivity contribution in [1.82, 2.24) is 0 Å². The number of halogens is 1. The fraction of sp³-hybridized carbons (Fsp3) is 0.545. The van der Waals surface area contributed by atoms with Crippen molar-refractivity contribution in [2.75, 3.05) is 11.9 Å². The Bertz CT molecular complexity index is 360. The minimum Gasteiger partial charge on any atom is -0.463 e. The highest BCUT2D eigenvalue weighted by atomic mass is 79.9. The van der Waals surface area contributed by atoms with Crippen molar-refractivity contribution in [2.24, 2.45) is 0 Å². The number of esters is 1. The molecule has 0 aromatic rings. The van der Waals surface area contributed by atoms with Gasteiger partial charge in [0.15, 0.2) is 0 Å². The van der Waals surface area contributed by atoms with Crippen LogP contribution in [-0.4, -0.2) is 29.4 Å². The molecule has 16 heavy (non-hydrogen) atoms. The van der Waals surface area contributed by atoms with Gasteiger partial charge in [-0.15, -0.1) is 0 Å². The monoisotopic (exact) mass is 287 g/mol. The van der Waals surface area contributed by atoms with Gasteiger partial charge in [-0.05, 0) is 18.9 Å². The lowest BCUT2D eigenvalue weighted by molar-refractivity contribution is -0.138. The van der Waals surface area contributed by atoms with Crippen LogP contribution in [0.5, 0.6) is 0 Å². The van der Waals surface area contributed by atoms with Crippen LogP contribution in [0.25, 0.3) is 0 Å². The van der Waals surface area contributed by atoms with Gasteiger partial charge < -0.3 is 10.1 Å². The van der Waals surface area contributed by atoms with E-state index in [0.29, 0.717) is 41.6 Å². The van der Waals surface area contributed by atoms with Gasteiger partial charge in [-0.25, -0.2) is 4.79 Å². The number of Topliss-reactive ketones (excluding diaryl/α,β-unsaturated/α-hetero) is 1. The maximum atomic E-state index is 11.6. The third-order valence-corrected chi connectivity index (χ3v) is 2.97. The maximum absolute atomic E-state index is 11.6. The number of allylic oxidation sites excluding steroid dienone is 1. The number of alkyl halides is 1. The summed E-state index contributed by atoms with van der Waals surface area (Å²) in [6.45, 7) is 2.02. The molecule has 0 aliphatic heterocycles. The maximum Gasteiger partial charge on any atom is 0.335 e. The Morgan fingerprint density at radius 1 is 1.50 bits per heavy atom. The predicted octanol–water partition coefficient (Wildman–Crippen LogP) is 2.01. The molecular formula is C11H14BrNO3. The molecule has 1 N–H and O–H groups in total. The third kappa shape index (κ3) is 3.01. The quantitative estimate of drug-likeness (QED) is 0.491. The summed E-state index contributed by atoms with van der Waals surface area (Å²) in [6.07, 6.45) is 1.00. The van der Waals surface area contributed by atoms with Crippen molar-refractivity contribution >= 4 is 33.4 Å². The van der Waals surface area contributed by atoms with E-state index in [9.17, 15) is 9.59 Å². The van der Waals surface area contributed by atoms with Crippen LogP contribution in [0.2, 0.25) is 0 Å². The molecule has 1 aliphatic rings. The minimum absolute atomic E-state index is 0.0775. The zero-order chi connectivity index (χ0) is 12.1. The van der Waals surface area contributed by atoms with Gasteiger partial charge in [-0.3, -0.25) is 4.79 Å². The van der Waals surface area contributed by atoms with Gasteiger partial charge >= 0.3 is 5.97 Å². The second-order valence-electron chi connectivity index (χ2n) is 3.51. The summed E-state index contributed by atoms with van der Waals surface area (Å²) in [5.41, 5.74) is 1.31. The Hall–Kier alpha value is -0.970. The Morgan fingerprint density at radius 3 is 2.75 bits per heavy atom. The Balaban J connectivity index is 3.00. The number of carbonyl (C=O) groups excluding carboxylic acids is 2. The molecule has 0 atom stereocenters. The minimum atomic E-state index is -0.436. The van der Waals surface area contributed by atoms with Gasteiger partial charge in [0.2, 0.25) is 0 Å². The number of hydrogen-bond donors (Lipinski definition) is 1. The van der Waals surface area contributed by atoms with E-state index >= 15 is 0 Å². The molecule has 0 bridgehead atoms. The lowest BCUT2D eigenvalue weighted by Gasteiger charge is -2.17. The van der Waals surface area contributed by atoms with E-state index in [1.165, 1.54) is 0 Å². The van der Waals surface area contributed by atoms with Gasteiger partial charge in [0, 0.05) is 23.9 Å². The number of hydrogen-bond acceptors (Lipinski definition) is 4. The SMILES string of the molecule is CCOC(=O)/C(CBr)=C1/CC(=O)CCC1=N. The summed E-state index contributed by atoms with van der Waals surface area (Å²) < 4.78 is 4.90. The van der Waals surface area contributed by atoms with Crippen molar-refractivity contribution in [2.45, 2.75) is 26.2 Å². The van der Waals surface area contributed by atoms with Crippen LogP contribution in [0.3, 0.4) is 0 Å². The van der Waals surface area contributed by atoms with E-state index in [0.717, 1.165) is 0 Å². The molecule has 0 aromatic carbocycles. The van der Waals surface area contributed by atoms with Crippen LogP contribution < -0.4 is 0 Å². The first kappa shape index (κ1) is 13.1. The van der Waals surface area contributed by atoms with Gasteiger partial charge in [0.25, 0.3) is 0 Å². The first-order valence-corrected chi connectivity index (χ1v) is 6.26. The van der Waals surface area contributed by atoms with Crippen molar-refractivity contribution < 1.29 is 14.3 Å². The molecule has 0 heterocycles. The highest BCUT2D eigenvalue weighted by Gasteiger charge is 2.24. The van der Waals surface area contributed by atoms with Crippen LogP contribution in [0, 0.1) is 5.41 Å². The van der Waals surface area contributed by atoms with Crippen LogP contribution in [0.4, 0.5) is 0 Å². The molecular weight excluding hydrogens is 274 g/mol. The molecule has 0 radical (unpaired) electrons. The Kier molecular flexibility index (Phi) is 4.86. The highest BCUT2D eigenvalue weighted by Crippen LogP contribution is 2.22. The summed E-state index contributed by atoms with van der Waals surface area (Å²) >= 11 is 3.20. The largest absolute Gasteiger partial charge is 0.463 e. The lowest BCUT2D eigenvalue weighted by Crippen LogP contribution is -2.22. The van der Waals surface area contributed by atoms with Crippen molar-refractivity contribution in [3.8, 4) is 0 Å². The number of nitrogens with one attached hydrogen (secondary N) is 1. The van der Waals surface area contributed by atoms with Crippen LogP contribution in [0.15, 0.2) is 11.1 Å². The molecule has 1 rings (SSSR count).